The van der Waals surface area contributed by atoms with E-state index >= 15 is 0 Å². The summed E-state index contributed by atoms with van der Waals surface area (Å²) in [6.07, 6.45) is 7.88. The van der Waals surface area contributed by atoms with Gasteiger partial charge in [-0.1, -0.05) is 0 Å². The molecule has 1 aliphatic rings. The molecule has 0 bridgehead atoms. The Bertz CT molecular complexity index is 444. The van der Waals surface area contributed by atoms with E-state index in [1.165, 1.54) is 12.8 Å². The van der Waals surface area contributed by atoms with E-state index in [1.54, 1.807) is 12.5 Å². The van der Waals surface area contributed by atoms with Crippen molar-refractivity contribution in [2.75, 3.05) is 0 Å². The molecule has 1 aliphatic carbocycles. The largest absolute Gasteiger partial charge is 0.308 e. The summed E-state index contributed by atoms with van der Waals surface area (Å²) in [5, 5.41) is 11.7. The van der Waals surface area contributed by atoms with Gasteiger partial charge in [-0.2, -0.15) is 5.10 Å². The van der Waals surface area contributed by atoms with E-state index in [4.69, 9.17) is 0 Å². The zero-order chi connectivity index (χ0) is 10.8. The van der Waals surface area contributed by atoms with Crippen LogP contribution in [0.4, 0.5) is 0 Å². The lowest BCUT2D eigenvalue weighted by atomic mass is 10.3. The lowest BCUT2D eigenvalue weighted by Gasteiger charge is -2.03. The SMILES string of the molecule is c1cn(-c2ccc(CNC3CC3)nn2)cn1. The van der Waals surface area contributed by atoms with Crippen molar-refractivity contribution in [3.05, 3.63) is 36.5 Å². The van der Waals surface area contributed by atoms with E-state index in [2.05, 4.69) is 20.5 Å². The van der Waals surface area contributed by atoms with Gasteiger partial charge in [-0.25, -0.2) is 4.98 Å². The zero-order valence-corrected chi connectivity index (χ0v) is 8.87. The molecule has 2 heterocycles. The van der Waals surface area contributed by atoms with Crippen molar-refractivity contribution in [2.24, 2.45) is 0 Å². The van der Waals surface area contributed by atoms with Crippen LogP contribution in [0, 0.1) is 0 Å². The fourth-order valence-corrected chi connectivity index (χ4v) is 1.52. The molecular formula is C11H13N5. The first kappa shape index (κ1) is 9.47. The van der Waals surface area contributed by atoms with Crippen LogP contribution in [0.5, 0.6) is 0 Å². The summed E-state index contributed by atoms with van der Waals surface area (Å²) < 4.78 is 1.84. The van der Waals surface area contributed by atoms with Crippen LogP contribution in [0.3, 0.4) is 0 Å². The Morgan fingerprint density at radius 1 is 1.31 bits per heavy atom. The molecule has 1 saturated carbocycles. The summed E-state index contributed by atoms with van der Waals surface area (Å²) in [4.78, 5) is 3.97. The minimum absolute atomic E-state index is 0.704. The quantitative estimate of drug-likeness (QED) is 0.823. The van der Waals surface area contributed by atoms with Crippen LogP contribution in [0.15, 0.2) is 30.9 Å². The normalized spacial score (nSPS) is 15.2. The first-order valence-electron chi connectivity index (χ1n) is 5.46. The standard InChI is InChI=1S/C11H13N5/c1-2-9(1)13-7-10-3-4-11(15-14-10)16-6-5-12-8-16/h3-6,8-9,13H,1-2,7H2. The van der Waals surface area contributed by atoms with Crippen molar-refractivity contribution in [1.82, 2.24) is 25.1 Å². The summed E-state index contributed by atoms with van der Waals surface area (Å²) in [6, 6.07) is 4.66. The third kappa shape index (κ3) is 2.09. The fraction of sp³-hybridized carbons (Fsp3) is 0.364. The summed E-state index contributed by atoms with van der Waals surface area (Å²) in [5.74, 6) is 0.799. The van der Waals surface area contributed by atoms with E-state index in [-0.39, 0.29) is 0 Å². The van der Waals surface area contributed by atoms with Crippen LogP contribution in [0.2, 0.25) is 0 Å². The van der Waals surface area contributed by atoms with E-state index in [1.807, 2.05) is 22.9 Å². The number of nitrogens with zero attached hydrogens (tertiary/aromatic N) is 4. The zero-order valence-electron chi connectivity index (χ0n) is 8.87. The molecule has 0 aromatic carbocycles. The van der Waals surface area contributed by atoms with Crippen molar-refractivity contribution in [1.29, 1.82) is 0 Å². The third-order valence-electron chi connectivity index (χ3n) is 2.62. The predicted molar refractivity (Wildman–Crippen MR) is 59.0 cm³/mol. The molecule has 0 saturated heterocycles. The number of nitrogens with one attached hydrogen (secondary N) is 1. The van der Waals surface area contributed by atoms with Gasteiger partial charge in [0, 0.05) is 25.0 Å². The number of rotatable bonds is 4. The third-order valence-corrected chi connectivity index (χ3v) is 2.62. The van der Waals surface area contributed by atoms with Crippen molar-refractivity contribution >= 4 is 0 Å². The summed E-state index contributed by atoms with van der Waals surface area (Å²) in [6.45, 7) is 0.807. The van der Waals surface area contributed by atoms with Crippen LogP contribution in [-0.4, -0.2) is 25.8 Å². The van der Waals surface area contributed by atoms with E-state index in [9.17, 15) is 0 Å². The van der Waals surface area contributed by atoms with Crippen molar-refractivity contribution in [3.8, 4) is 5.82 Å². The molecule has 0 aliphatic heterocycles. The topological polar surface area (TPSA) is 55.6 Å². The first-order chi connectivity index (χ1) is 7.92. The summed E-state index contributed by atoms with van der Waals surface area (Å²) in [7, 11) is 0. The van der Waals surface area contributed by atoms with Gasteiger partial charge in [0.2, 0.25) is 0 Å². The molecule has 0 unspecified atom stereocenters. The maximum absolute atomic E-state index is 4.17. The second-order valence-corrected chi connectivity index (χ2v) is 4.01. The molecule has 3 rings (SSSR count). The molecule has 5 heteroatoms. The minimum atomic E-state index is 0.704. The Morgan fingerprint density at radius 3 is 2.88 bits per heavy atom. The average molecular weight is 215 g/mol. The first-order valence-corrected chi connectivity index (χ1v) is 5.46. The maximum atomic E-state index is 4.17. The second-order valence-electron chi connectivity index (χ2n) is 4.01. The number of imidazole rings is 1. The molecule has 0 amide bonds. The lowest BCUT2D eigenvalue weighted by molar-refractivity contribution is 0.663. The van der Waals surface area contributed by atoms with Gasteiger partial charge in [-0.15, -0.1) is 5.10 Å². The Morgan fingerprint density at radius 2 is 2.25 bits per heavy atom. The van der Waals surface area contributed by atoms with Crippen LogP contribution in [-0.2, 0) is 6.54 Å². The molecule has 0 radical (unpaired) electrons. The molecule has 0 spiro atoms. The molecule has 1 N–H and O–H groups in total. The second kappa shape index (κ2) is 4.02. The van der Waals surface area contributed by atoms with Gasteiger partial charge < -0.3 is 5.32 Å². The average Bonchev–Trinajstić information content (AvgIpc) is 3.00. The van der Waals surface area contributed by atoms with E-state index < -0.39 is 0 Å². The van der Waals surface area contributed by atoms with Crippen molar-refractivity contribution in [3.63, 3.8) is 0 Å². The van der Waals surface area contributed by atoms with Gasteiger partial charge in [0.05, 0.1) is 5.69 Å². The van der Waals surface area contributed by atoms with Crippen molar-refractivity contribution in [2.45, 2.75) is 25.4 Å². The van der Waals surface area contributed by atoms with Crippen molar-refractivity contribution < 1.29 is 0 Å². The maximum Gasteiger partial charge on any atom is 0.160 e. The molecule has 2 aromatic rings. The van der Waals surface area contributed by atoms with Crippen LogP contribution < -0.4 is 5.32 Å². The van der Waals surface area contributed by atoms with Gasteiger partial charge in [0.15, 0.2) is 5.82 Å². The highest BCUT2D eigenvalue weighted by molar-refractivity contribution is 5.21. The lowest BCUT2D eigenvalue weighted by Crippen LogP contribution is -2.16. The molecule has 5 nitrogen and oxygen atoms in total. The fourth-order valence-electron chi connectivity index (χ4n) is 1.52. The molecule has 1 fully saturated rings. The van der Waals surface area contributed by atoms with Gasteiger partial charge in [0.1, 0.15) is 6.33 Å². The Labute approximate surface area is 93.5 Å². The highest BCUT2D eigenvalue weighted by Gasteiger charge is 2.20. The molecule has 16 heavy (non-hydrogen) atoms. The van der Waals surface area contributed by atoms with Gasteiger partial charge in [0.25, 0.3) is 0 Å². The molecular weight excluding hydrogens is 202 g/mol. The molecule has 0 atom stereocenters. The number of hydrogen-bond acceptors (Lipinski definition) is 4. The summed E-state index contributed by atoms with van der Waals surface area (Å²) in [5.41, 5.74) is 0.982. The van der Waals surface area contributed by atoms with E-state index in [0.29, 0.717) is 6.04 Å². The summed E-state index contributed by atoms with van der Waals surface area (Å²) >= 11 is 0. The van der Waals surface area contributed by atoms with Crippen LogP contribution in [0.1, 0.15) is 18.5 Å². The number of aromatic nitrogens is 4. The Hall–Kier alpha value is -1.75. The highest BCUT2D eigenvalue weighted by Crippen LogP contribution is 2.18. The van der Waals surface area contributed by atoms with Crippen LogP contribution in [0.25, 0.3) is 5.82 Å². The monoisotopic (exact) mass is 215 g/mol. The van der Waals surface area contributed by atoms with Gasteiger partial charge >= 0.3 is 0 Å². The van der Waals surface area contributed by atoms with Gasteiger partial charge in [-0.3, -0.25) is 4.57 Å². The molecule has 2 aromatic heterocycles. The van der Waals surface area contributed by atoms with E-state index in [0.717, 1.165) is 18.1 Å². The smallest absolute Gasteiger partial charge is 0.160 e. The Kier molecular flexibility index (Phi) is 2.38. The van der Waals surface area contributed by atoms with Crippen LogP contribution >= 0.6 is 0 Å². The molecule has 82 valence electrons. The van der Waals surface area contributed by atoms with Gasteiger partial charge in [-0.05, 0) is 25.0 Å². The number of hydrogen-bond donors (Lipinski definition) is 1. The minimum Gasteiger partial charge on any atom is -0.308 e. The Balaban J connectivity index is 1.69. The highest BCUT2D eigenvalue weighted by atomic mass is 15.2. The predicted octanol–water partition coefficient (Wildman–Crippen LogP) is 0.914.